The largest absolute Gasteiger partial charge is 0.458 e. The normalized spacial score (nSPS) is 18.1. The first-order valence-electron chi connectivity index (χ1n) is 18.6. The van der Waals surface area contributed by atoms with Crippen molar-refractivity contribution in [1.82, 2.24) is 19.8 Å². The van der Waals surface area contributed by atoms with Crippen LogP contribution in [0.1, 0.15) is 77.2 Å². The third-order valence-corrected chi connectivity index (χ3v) is 11.4. The summed E-state index contributed by atoms with van der Waals surface area (Å²) >= 11 is 6.72. The number of carbonyl (C=O) groups excluding carboxylic acids is 4. The van der Waals surface area contributed by atoms with Crippen LogP contribution in [-0.2, 0) is 62.1 Å². The van der Waals surface area contributed by atoms with Crippen LogP contribution in [0.5, 0.6) is 0 Å². The Hall–Kier alpha value is -5.77. The summed E-state index contributed by atoms with van der Waals surface area (Å²) in [6, 6.07) is 7.13. The van der Waals surface area contributed by atoms with Gasteiger partial charge in [0.1, 0.15) is 19.8 Å². The molecule has 3 amide bonds. The number of halogens is 1. The van der Waals surface area contributed by atoms with Crippen molar-refractivity contribution in [3.63, 3.8) is 0 Å². The minimum Gasteiger partial charge on any atom is -0.458 e. The van der Waals surface area contributed by atoms with Crippen LogP contribution < -0.4 is 21.9 Å². The Bertz CT molecular complexity index is 2450. The number of aromatic nitrogens is 2. The molecule has 0 saturated carbocycles. The van der Waals surface area contributed by atoms with Gasteiger partial charge in [0.05, 0.1) is 41.1 Å². The van der Waals surface area contributed by atoms with E-state index in [0.717, 1.165) is 27.6 Å². The van der Waals surface area contributed by atoms with E-state index in [9.17, 15) is 29.1 Å². The SMILES string of the molecule is C=CCOC(=O)N(C)Cc1cc(NC(=O)[C@H](C)N)ccc1COC(=O)N[C@H]1CCc2c(C)c(Cl)cc3nc4c(c1c23)Cn1c-4cc2c(c1=O)COC(=O)[C@]2(O)CC. The minimum atomic E-state index is -1.99. The summed E-state index contributed by atoms with van der Waals surface area (Å²) in [4.78, 5) is 71.7. The number of nitrogens with zero attached hydrogens (tertiary/aromatic N) is 3. The summed E-state index contributed by atoms with van der Waals surface area (Å²) in [5.41, 5.74) is 10.3. The number of nitrogens with two attached hydrogens (primary N) is 1. The van der Waals surface area contributed by atoms with E-state index in [1.54, 1.807) is 55.8 Å². The van der Waals surface area contributed by atoms with E-state index < -0.39 is 47.3 Å². The number of ether oxygens (including phenoxy) is 3. The van der Waals surface area contributed by atoms with Gasteiger partial charge in [0, 0.05) is 40.8 Å². The number of cyclic esters (lactones) is 1. The fourth-order valence-corrected chi connectivity index (χ4v) is 8.05. The molecule has 3 aliphatic rings. The van der Waals surface area contributed by atoms with Gasteiger partial charge >= 0.3 is 18.2 Å². The molecule has 15 nitrogen and oxygen atoms in total. The first kappa shape index (κ1) is 39.5. The molecule has 2 aromatic carbocycles. The Balaban J connectivity index is 1.21. The molecular weight excluding hydrogens is 756 g/mol. The average molecular weight is 799 g/mol. The van der Waals surface area contributed by atoms with Gasteiger partial charge in [-0.05, 0) is 85.2 Å². The summed E-state index contributed by atoms with van der Waals surface area (Å²) < 4.78 is 17.8. The predicted octanol–water partition coefficient (Wildman–Crippen LogP) is 5.00. The van der Waals surface area contributed by atoms with Crippen molar-refractivity contribution < 1.29 is 38.5 Å². The van der Waals surface area contributed by atoms with Crippen LogP contribution >= 0.6 is 11.6 Å². The van der Waals surface area contributed by atoms with Gasteiger partial charge in [0.2, 0.25) is 5.91 Å². The van der Waals surface area contributed by atoms with Crippen LogP contribution in [0.25, 0.3) is 22.3 Å². The number of fused-ring (bicyclic) bond motifs is 5. The minimum absolute atomic E-state index is 0.00602. The number of esters is 1. The number of alkyl carbamates (subject to hydrolysis) is 1. The van der Waals surface area contributed by atoms with Gasteiger partial charge < -0.3 is 45.2 Å². The number of aryl methyl sites for hydroxylation is 1. The number of aliphatic hydroxyl groups is 1. The molecule has 0 radical (unpaired) electrons. The first-order chi connectivity index (χ1) is 27.2. The molecule has 1 aliphatic carbocycles. The molecule has 298 valence electrons. The van der Waals surface area contributed by atoms with Gasteiger partial charge in [-0.25, -0.2) is 19.4 Å². The topological polar surface area (TPSA) is 204 Å². The maximum Gasteiger partial charge on any atom is 0.410 e. The fraction of sp³-hybridized carbons (Fsp3) is 0.366. The lowest BCUT2D eigenvalue weighted by molar-refractivity contribution is -0.172. The lowest BCUT2D eigenvalue weighted by atomic mass is 9.82. The Morgan fingerprint density at radius 1 is 1.19 bits per heavy atom. The molecule has 57 heavy (non-hydrogen) atoms. The maximum absolute atomic E-state index is 14.0. The zero-order valence-electron chi connectivity index (χ0n) is 32.0. The van der Waals surface area contributed by atoms with Gasteiger partial charge in [-0.3, -0.25) is 9.59 Å². The Morgan fingerprint density at radius 3 is 2.68 bits per heavy atom. The number of hydrogen-bond donors (Lipinski definition) is 4. The monoisotopic (exact) mass is 798 g/mol. The van der Waals surface area contributed by atoms with Crippen molar-refractivity contribution in [2.45, 2.75) is 84.0 Å². The van der Waals surface area contributed by atoms with Crippen molar-refractivity contribution in [2.24, 2.45) is 5.73 Å². The molecule has 2 aromatic heterocycles. The van der Waals surface area contributed by atoms with Crippen LogP contribution in [-0.4, -0.2) is 63.3 Å². The van der Waals surface area contributed by atoms with Crippen molar-refractivity contribution in [3.8, 4) is 11.4 Å². The molecule has 2 aliphatic heterocycles. The second-order valence-corrected chi connectivity index (χ2v) is 15.0. The highest BCUT2D eigenvalue weighted by molar-refractivity contribution is 6.32. The molecule has 5 N–H and O–H groups in total. The highest BCUT2D eigenvalue weighted by atomic mass is 35.5. The molecule has 0 spiro atoms. The average Bonchev–Trinajstić information content (AvgIpc) is 3.56. The third kappa shape index (κ3) is 7.00. The van der Waals surface area contributed by atoms with Gasteiger partial charge in [-0.15, -0.1) is 0 Å². The Kier molecular flexibility index (Phi) is 10.6. The van der Waals surface area contributed by atoms with E-state index in [1.165, 1.54) is 11.0 Å². The lowest BCUT2D eigenvalue weighted by Gasteiger charge is -2.31. The highest BCUT2D eigenvalue weighted by Crippen LogP contribution is 2.46. The summed E-state index contributed by atoms with van der Waals surface area (Å²) in [6.45, 7) is 8.51. The van der Waals surface area contributed by atoms with Crippen molar-refractivity contribution in [1.29, 1.82) is 0 Å². The van der Waals surface area contributed by atoms with E-state index in [1.807, 2.05) is 6.92 Å². The number of pyridine rings is 2. The van der Waals surface area contributed by atoms with Gasteiger partial charge in [0.25, 0.3) is 5.56 Å². The predicted molar refractivity (Wildman–Crippen MR) is 210 cm³/mol. The summed E-state index contributed by atoms with van der Waals surface area (Å²) in [5, 5.41) is 18.5. The van der Waals surface area contributed by atoms with Gasteiger partial charge in [-0.1, -0.05) is 37.2 Å². The van der Waals surface area contributed by atoms with E-state index >= 15 is 0 Å². The zero-order chi connectivity index (χ0) is 40.9. The van der Waals surface area contributed by atoms with Crippen LogP contribution in [0.15, 0.2) is 47.8 Å². The van der Waals surface area contributed by atoms with Gasteiger partial charge in [0.15, 0.2) is 5.60 Å². The molecule has 0 bridgehead atoms. The zero-order valence-corrected chi connectivity index (χ0v) is 32.7. The molecule has 0 saturated heterocycles. The van der Waals surface area contributed by atoms with Crippen LogP contribution in [0.2, 0.25) is 5.02 Å². The summed E-state index contributed by atoms with van der Waals surface area (Å²) in [5.74, 6) is -1.21. The third-order valence-electron chi connectivity index (χ3n) is 11.0. The van der Waals surface area contributed by atoms with E-state index in [2.05, 4.69) is 17.2 Å². The molecule has 4 heterocycles. The van der Waals surface area contributed by atoms with E-state index in [-0.39, 0.29) is 50.5 Å². The highest BCUT2D eigenvalue weighted by Gasteiger charge is 2.46. The molecule has 0 fully saturated rings. The Labute approximate surface area is 332 Å². The quantitative estimate of drug-likeness (QED) is 0.0842. The number of carbonyl (C=O) groups is 4. The lowest BCUT2D eigenvalue weighted by Crippen LogP contribution is -2.44. The summed E-state index contributed by atoms with van der Waals surface area (Å²) in [7, 11) is 1.55. The molecule has 7 rings (SSSR count). The second-order valence-electron chi connectivity index (χ2n) is 14.6. The van der Waals surface area contributed by atoms with E-state index in [0.29, 0.717) is 51.6 Å². The molecule has 0 unspecified atom stereocenters. The number of hydrogen-bond acceptors (Lipinski definition) is 11. The molecule has 16 heteroatoms. The maximum atomic E-state index is 14.0. The molecule has 4 aromatic rings. The molecule has 3 atom stereocenters. The standard InChI is InChI=1S/C41H43ClN6O9/c1-6-12-55-40(53)47(5)16-23-13-24(44-36(49)21(4)43)9-8-22(23)18-57-39(52)46-30-11-10-25-20(3)29(42)15-31-33(25)34(30)26-17-48-32(35(26)45-31)14-28-27(37(48)50)19-56-38(51)41(28,54)7-2/h6,8-9,13-15,21,30,54H,1,7,10-12,16-19,43H2,2-5H3,(H,44,49)(H,46,52)/t21-,30-,41-/m0/s1. The van der Waals surface area contributed by atoms with E-state index in [4.69, 9.17) is 36.5 Å². The van der Waals surface area contributed by atoms with Crippen LogP contribution in [0.4, 0.5) is 15.3 Å². The van der Waals surface area contributed by atoms with Crippen molar-refractivity contribution in [2.75, 3.05) is 19.0 Å². The molecular formula is C41H43ClN6O9. The fourth-order valence-electron chi connectivity index (χ4n) is 7.83. The second kappa shape index (κ2) is 15.3. The number of amides is 3. The van der Waals surface area contributed by atoms with Crippen LogP contribution in [0, 0.1) is 6.92 Å². The number of nitrogens with one attached hydrogen (secondary N) is 2. The van der Waals surface area contributed by atoms with Crippen LogP contribution in [0.3, 0.4) is 0 Å². The number of rotatable bonds is 10. The Morgan fingerprint density at radius 2 is 1.96 bits per heavy atom. The summed E-state index contributed by atoms with van der Waals surface area (Å²) in [6.07, 6.45) is 1.23. The number of benzene rings is 2. The van der Waals surface area contributed by atoms with Crippen molar-refractivity contribution >= 4 is 52.3 Å². The smallest absolute Gasteiger partial charge is 0.410 e. The first-order valence-corrected chi connectivity index (χ1v) is 19.0. The van der Waals surface area contributed by atoms with Gasteiger partial charge in [-0.2, -0.15) is 0 Å². The number of anilines is 1. The van der Waals surface area contributed by atoms with Crippen molar-refractivity contribution in [3.05, 3.63) is 103 Å².